The number of aliphatic hydroxyl groups is 2. The summed E-state index contributed by atoms with van der Waals surface area (Å²) >= 11 is 0. The third-order valence-corrected chi connectivity index (χ3v) is 8.19. The van der Waals surface area contributed by atoms with Gasteiger partial charge in [0.15, 0.2) is 0 Å². The van der Waals surface area contributed by atoms with Crippen molar-refractivity contribution in [1.82, 2.24) is 5.32 Å². The van der Waals surface area contributed by atoms with E-state index in [1.165, 1.54) is 135 Å². The molecule has 0 aromatic carbocycles. The van der Waals surface area contributed by atoms with Crippen LogP contribution in [0.5, 0.6) is 0 Å². The first-order chi connectivity index (χ1) is 20.2. The van der Waals surface area contributed by atoms with Crippen LogP contribution in [0.4, 0.5) is 0 Å². The summed E-state index contributed by atoms with van der Waals surface area (Å²) in [5.74, 6) is -0.0758. The van der Waals surface area contributed by atoms with Gasteiger partial charge in [0, 0.05) is 6.42 Å². The Kier molecular flexibility index (Phi) is 32.5. The summed E-state index contributed by atoms with van der Waals surface area (Å²) in [4.78, 5) is 12.3. The lowest BCUT2D eigenvalue weighted by molar-refractivity contribution is -0.123. The van der Waals surface area contributed by atoms with Gasteiger partial charge in [-0.1, -0.05) is 179 Å². The molecule has 4 nitrogen and oxygen atoms in total. The number of nitrogens with one attached hydrogen (secondary N) is 1. The minimum atomic E-state index is -0.854. The number of carbonyl (C=O) groups is 1. The molecule has 0 saturated heterocycles. The Morgan fingerprint density at radius 2 is 0.951 bits per heavy atom. The molecule has 0 heterocycles. The van der Waals surface area contributed by atoms with E-state index >= 15 is 0 Å². The molecule has 0 bridgehead atoms. The van der Waals surface area contributed by atoms with Crippen LogP contribution in [0.15, 0.2) is 24.3 Å². The van der Waals surface area contributed by atoms with Gasteiger partial charge in [0.25, 0.3) is 0 Å². The summed E-state index contributed by atoms with van der Waals surface area (Å²) in [6.07, 6.45) is 41.4. The lowest BCUT2D eigenvalue weighted by Gasteiger charge is -2.19. The van der Waals surface area contributed by atoms with Gasteiger partial charge < -0.3 is 15.5 Å². The second-order valence-electron chi connectivity index (χ2n) is 12.3. The molecule has 2 atom stereocenters. The van der Waals surface area contributed by atoms with E-state index in [9.17, 15) is 15.0 Å². The molecule has 0 aromatic rings. The molecule has 0 saturated carbocycles. The Hall–Kier alpha value is -1.13. The van der Waals surface area contributed by atoms with Gasteiger partial charge in [0.1, 0.15) is 0 Å². The number of hydrogen-bond acceptors (Lipinski definition) is 3. The Bertz CT molecular complexity index is 589. The van der Waals surface area contributed by atoms with Crippen molar-refractivity contribution >= 4 is 5.91 Å². The van der Waals surface area contributed by atoms with Crippen LogP contribution in [-0.4, -0.2) is 34.9 Å². The average Bonchev–Trinajstić information content (AvgIpc) is 2.97. The zero-order valence-electron chi connectivity index (χ0n) is 27.6. The van der Waals surface area contributed by atoms with Crippen LogP contribution in [0.1, 0.15) is 187 Å². The summed E-state index contributed by atoms with van der Waals surface area (Å²) in [6, 6.07) is -0.631. The lowest BCUT2D eigenvalue weighted by atomic mass is 10.0. The minimum absolute atomic E-state index is 0.0758. The summed E-state index contributed by atoms with van der Waals surface area (Å²) < 4.78 is 0. The summed E-state index contributed by atoms with van der Waals surface area (Å²) in [5, 5.41) is 22.7. The highest BCUT2D eigenvalue weighted by Crippen LogP contribution is 2.15. The highest BCUT2D eigenvalue weighted by Gasteiger charge is 2.17. The molecule has 4 heteroatoms. The molecule has 1 amide bonds. The molecule has 0 fully saturated rings. The van der Waals surface area contributed by atoms with E-state index < -0.39 is 12.1 Å². The van der Waals surface area contributed by atoms with E-state index in [0.717, 1.165) is 32.1 Å². The van der Waals surface area contributed by atoms with E-state index in [-0.39, 0.29) is 12.5 Å². The van der Waals surface area contributed by atoms with Gasteiger partial charge in [0.2, 0.25) is 5.91 Å². The fourth-order valence-electron chi connectivity index (χ4n) is 5.36. The van der Waals surface area contributed by atoms with E-state index in [4.69, 9.17) is 0 Å². The van der Waals surface area contributed by atoms with Crippen molar-refractivity contribution in [1.29, 1.82) is 0 Å². The zero-order chi connectivity index (χ0) is 30.1. The predicted octanol–water partition coefficient (Wildman–Crippen LogP) is 10.5. The molecule has 242 valence electrons. The number of carbonyl (C=O) groups excluding carboxylic acids is 1. The SMILES string of the molecule is CCCC/C=C/CC/C=C/C(O)C(CO)NC(=O)CCCCCCCCCCCCCCCCCCCCCCC. The van der Waals surface area contributed by atoms with Crippen molar-refractivity contribution in [3.05, 3.63) is 24.3 Å². The Morgan fingerprint density at radius 1 is 0.561 bits per heavy atom. The van der Waals surface area contributed by atoms with Gasteiger partial charge in [-0.25, -0.2) is 0 Å². The molecule has 0 spiro atoms. The van der Waals surface area contributed by atoms with Gasteiger partial charge in [-0.15, -0.1) is 0 Å². The largest absolute Gasteiger partial charge is 0.394 e. The number of unbranched alkanes of at least 4 members (excludes halogenated alkanes) is 23. The molecule has 0 aliphatic carbocycles. The molecular formula is C37H71NO3. The fourth-order valence-corrected chi connectivity index (χ4v) is 5.36. The summed E-state index contributed by atoms with van der Waals surface area (Å²) in [7, 11) is 0. The first-order valence-electron chi connectivity index (χ1n) is 18.1. The van der Waals surface area contributed by atoms with Crippen molar-refractivity contribution in [2.75, 3.05) is 6.61 Å². The second-order valence-corrected chi connectivity index (χ2v) is 12.3. The second kappa shape index (κ2) is 33.4. The van der Waals surface area contributed by atoms with Crippen LogP contribution in [0.25, 0.3) is 0 Å². The molecule has 41 heavy (non-hydrogen) atoms. The summed E-state index contributed by atoms with van der Waals surface area (Å²) in [6.45, 7) is 4.22. The Balaban J connectivity index is 3.50. The molecule has 0 radical (unpaired) electrons. The van der Waals surface area contributed by atoms with Crippen LogP contribution in [0, 0.1) is 0 Å². The van der Waals surface area contributed by atoms with Crippen LogP contribution in [-0.2, 0) is 4.79 Å². The lowest BCUT2D eigenvalue weighted by Crippen LogP contribution is -2.45. The van der Waals surface area contributed by atoms with Gasteiger partial charge in [-0.05, 0) is 25.7 Å². The molecule has 0 aromatic heterocycles. The van der Waals surface area contributed by atoms with Crippen molar-refractivity contribution in [2.45, 2.75) is 199 Å². The number of rotatable bonds is 32. The van der Waals surface area contributed by atoms with Crippen LogP contribution in [0.3, 0.4) is 0 Å². The molecule has 0 aliphatic heterocycles. The van der Waals surface area contributed by atoms with Crippen LogP contribution >= 0.6 is 0 Å². The average molecular weight is 578 g/mol. The maximum Gasteiger partial charge on any atom is 0.220 e. The molecule has 0 rings (SSSR count). The van der Waals surface area contributed by atoms with Crippen molar-refractivity contribution < 1.29 is 15.0 Å². The van der Waals surface area contributed by atoms with Crippen molar-refractivity contribution in [3.63, 3.8) is 0 Å². The van der Waals surface area contributed by atoms with Crippen molar-refractivity contribution in [2.24, 2.45) is 0 Å². The standard InChI is InChI=1S/C37H71NO3/c1-3-5-7-9-11-13-14-15-16-17-18-19-20-21-22-23-24-25-27-29-31-33-37(41)38-35(34-39)36(40)32-30-28-26-12-10-8-6-4-2/h10,12,30,32,35-36,39-40H,3-9,11,13-29,31,33-34H2,1-2H3,(H,38,41)/b12-10+,32-30+. The Morgan fingerprint density at radius 3 is 1.39 bits per heavy atom. The maximum atomic E-state index is 12.3. The van der Waals surface area contributed by atoms with Crippen LogP contribution in [0.2, 0.25) is 0 Å². The van der Waals surface area contributed by atoms with Crippen LogP contribution < -0.4 is 5.32 Å². The maximum absolute atomic E-state index is 12.3. The number of amides is 1. The Labute approximate surface area is 256 Å². The highest BCUT2D eigenvalue weighted by molar-refractivity contribution is 5.76. The summed E-state index contributed by atoms with van der Waals surface area (Å²) in [5.41, 5.74) is 0. The fraction of sp³-hybridized carbons (Fsp3) is 0.865. The quantitative estimate of drug-likeness (QED) is 0.0550. The van der Waals surface area contributed by atoms with E-state index in [1.807, 2.05) is 6.08 Å². The monoisotopic (exact) mass is 578 g/mol. The molecule has 3 N–H and O–H groups in total. The van der Waals surface area contributed by atoms with Crippen molar-refractivity contribution in [3.8, 4) is 0 Å². The topological polar surface area (TPSA) is 69.6 Å². The van der Waals surface area contributed by atoms with Gasteiger partial charge in [-0.3, -0.25) is 4.79 Å². The van der Waals surface area contributed by atoms with Gasteiger partial charge >= 0.3 is 0 Å². The highest BCUT2D eigenvalue weighted by atomic mass is 16.3. The first-order valence-corrected chi connectivity index (χ1v) is 18.1. The third kappa shape index (κ3) is 30.1. The number of allylic oxidation sites excluding steroid dienone is 3. The third-order valence-electron chi connectivity index (χ3n) is 8.19. The first kappa shape index (κ1) is 39.9. The smallest absolute Gasteiger partial charge is 0.220 e. The van der Waals surface area contributed by atoms with E-state index in [2.05, 4.69) is 31.3 Å². The van der Waals surface area contributed by atoms with Gasteiger partial charge in [-0.2, -0.15) is 0 Å². The molecule has 2 unspecified atom stereocenters. The zero-order valence-corrected chi connectivity index (χ0v) is 27.6. The molecular weight excluding hydrogens is 506 g/mol. The number of aliphatic hydroxyl groups excluding tert-OH is 2. The van der Waals surface area contributed by atoms with Gasteiger partial charge in [0.05, 0.1) is 18.8 Å². The normalized spacial score (nSPS) is 13.4. The van der Waals surface area contributed by atoms with E-state index in [0.29, 0.717) is 6.42 Å². The molecule has 0 aliphatic rings. The predicted molar refractivity (Wildman–Crippen MR) is 179 cm³/mol. The van der Waals surface area contributed by atoms with E-state index in [1.54, 1.807) is 6.08 Å². The number of hydrogen-bond donors (Lipinski definition) is 3. The minimum Gasteiger partial charge on any atom is -0.394 e.